The Hall–Kier alpha value is -3.69. The standard InChI is InChI=1S/C27H31F2N5O4S/c1-33-11-8-19(9-12-33)32-27(35)21-13-18(14-23-26(21)31-17-34(23)16-25(28)29)5-4-10-30-22-7-6-20(39(3,36)37)15-24(22)38-2/h6-7,13-15,17,19,25,30H,8-12,16H2,1-3H3,(H,32,35). The van der Waals surface area contributed by atoms with E-state index in [-0.39, 0.29) is 29.0 Å². The summed E-state index contributed by atoms with van der Waals surface area (Å²) < 4.78 is 56.6. The van der Waals surface area contributed by atoms with Gasteiger partial charge < -0.3 is 24.8 Å². The van der Waals surface area contributed by atoms with Crippen molar-refractivity contribution in [2.45, 2.75) is 36.7 Å². The van der Waals surface area contributed by atoms with Crippen molar-refractivity contribution in [3.05, 3.63) is 47.8 Å². The first-order valence-corrected chi connectivity index (χ1v) is 14.3. The summed E-state index contributed by atoms with van der Waals surface area (Å²) in [6.07, 6.45) is 1.50. The molecule has 4 rings (SSSR count). The number of likely N-dealkylation sites (tertiary alicyclic amines) is 1. The molecule has 1 aliphatic heterocycles. The molecular weight excluding hydrogens is 528 g/mol. The average Bonchev–Trinajstić information content (AvgIpc) is 3.28. The number of ether oxygens (including phenoxy) is 1. The molecule has 0 radical (unpaired) electrons. The number of hydrogen-bond acceptors (Lipinski definition) is 7. The molecule has 208 valence electrons. The van der Waals surface area contributed by atoms with Crippen molar-refractivity contribution in [2.24, 2.45) is 0 Å². The maximum absolute atomic E-state index is 13.2. The quantitative estimate of drug-likeness (QED) is 0.409. The van der Waals surface area contributed by atoms with Crippen LogP contribution in [-0.2, 0) is 16.4 Å². The van der Waals surface area contributed by atoms with E-state index in [1.807, 2.05) is 7.05 Å². The number of carbonyl (C=O) groups excluding carboxylic acids is 1. The van der Waals surface area contributed by atoms with Gasteiger partial charge in [0.2, 0.25) is 0 Å². The van der Waals surface area contributed by atoms with Crippen molar-refractivity contribution in [1.82, 2.24) is 19.8 Å². The Labute approximate surface area is 226 Å². The lowest BCUT2D eigenvalue weighted by atomic mass is 10.0. The van der Waals surface area contributed by atoms with Crippen LogP contribution in [0.4, 0.5) is 14.5 Å². The van der Waals surface area contributed by atoms with Gasteiger partial charge in [0.15, 0.2) is 9.84 Å². The number of aromatic nitrogens is 2. The van der Waals surface area contributed by atoms with E-state index in [1.165, 1.54) is 30.1 Å². The van der Waals surface area contributed by atoms with Gasteiger partial charge in [0, 0.05) is 23.9 Å². The number of hydrogen-bond donors (Lipinski definition) is 2. The Morgan fingerprint density at radius 2 is 1.97 bits per heavy atom. The van der Waals surface area contributed by atoms with Crippen LogP contribution in [0.1, 0.15) is 28.8 Å². The third kappa shape index (κ3) is 7.04. The van der Waals surface area contributed by atoms with Crippen LogP contribution in [0, 0.1) is 11.8 Å². The molecule has 1 aliphatic rings. The average molecular weight is 560 g/mol. The molecule has 39 heavy (non-hydrogen) atoms. The largest absolute Gasteiger partial charge is 0.495 e. The summed E-state index contributed by atoms with van der Waals surface area (Å²) in [7, 11) is 0.0897. The van der Waals surface area contributed by atoms with E-state index >= 15 is 0 Å². The van der Waals surface area contributed by atoms with E-state index in [0.717, 1.165) is 32.2 Å². The van der Waals surface area contributed by atoms with Crippen molar-refractivity contribution in [2.75, 3.05) is 45.4 Å². The molecule has 0 bridgehead atoms. The topological polar surface area (TPSA) is 106 Å². The van der Waals surface area contributed by atoms with Crippen molar-refractivity contribution in [3.63, 3.8) is 0 Å². The minimum Gasteiger partial charge on any atom is -0.495 e. The summed E-state index contributed by atoms with van der Waals surface area (Å²) in [5, 5.41) is 6.15. The van der Waals surface area contributed by atoms with E-state index in [0.29, 0.717) is 28.0 Å². The second-order valence-corrected chi connectivity index (χ2v) is 11.5. The fourth-order valence-corrected chi connectivity index (χ4v) is 5.09. The zero-order valence-corrected chi connectivity index (χ0v) is 22.8. The maximum Gasteiger partial charge on any atom is 0.256 e. The SMILES string of the molecule is COc1cc(S(C)(=O)=O)ccc1NCC#Cc1cc(C(=O)NC2CCN(C)CC2)c2ncn(CC(F)F)c2c1. The predicted molar refractivity (Wildman–Crippen MR) is 145 cm³/mol. The number of amides is 1. The molecule has 3 aromatic rings. The van der Waals surface area contributed by atoms with E-state index in [2.05, 4.69) is 32.4 Å². The summed E-state index contributed by atoms with van der Waals surface area (Å²) in [5.74, 6) is 6.00. The lowest BCUT2D eigenvalue weighted by molar-refractivity contribution is 0.0918. The number of fused-ring (bicyclic) bond motifs is 1. The fourth-order valence-electron chi connectivity index (χ4n) is 4.45. The van der Waals surface area contributed by atoms with Gasteiger partial charge in [-0.2, -0.15) is 0 Å². The monoisotopic (exact) mass is 559 g/mol. The van der Waals surface area contributed by atoms with Crippen LogP contribution in [0.2, 0.25) is 0 Å². The number of benzene rings is 2. The van der Waals surface area contributed by atoms with Crippen LogP contribution in [0.15, 0.2) is 41.6 Å². The van der Waals surface area contributed by atoms with Crippen LogP contribution in [0.25, 0.3) is 11.0 Å². The molecule has 0 spiro atoms. The first kappa shape index (κ1) is 28.3. The highest BCUT2D eigenvalue weighted by molar-refractivity contribution is 7.90. The molecule has 1 amide bonds. The third-order valence-corrected chi connectivity index (χ3v) is 7.67. The van der Waals surface area contributed by atoms with Crippen LogP contribution >= 0.6 is 0 Å². The maximum atomic E-state index is 13.2. The Bertz CT molecular complexity index is 1520. The zero-order chi connectivity index (χ0) is 28.2. The number of carbonyl (C=O) groups is 1. The number of methoxy groups -OCH3 is 1. The Morgan fingerprint density at radius 1 is 1.23 bits per heavy atom. The van der Waals surface area contributed by atoms with E-state index in [1.54, 1.807) is 18.2 Å². The number of alkyl halides is 2. The van der Waals surface area contributed by atoms with Gasteiger partial charge >= 0.3 is 0 Å². The lowest BCUT2D eigenvalue weighted by Crippen LogP contribution is -2.43. The molecule has 9 nitrogen and oxygen atoms in total. The number of nitrogens with zero attached hydrogens (tertiary/aromatic N) is 3. The van der Waals surface area contributed by atoms with Gasteiger partial charge in [0.25, 0.3) is 12.3 Å². The second kappa shape index (κ2) is 12.0. The zero-order valence-electron chi connectivity index (χ0n) is 22.0. The molecule has 2 heterocycles. The van der Waals surface area contributed by atoms with Gasteiger partial charge in [0.1, 0.15) is 11.3 Å². The van der Waals surface area contributed by atoms with E-state index in [9.17, 15) is 22.0 Å². The number of nitrogens with one attached hydrogen (secondary N) is 2. The van der Waals surface area contributed by atoms with Crippen molar-refractivity contribution in [3.8, 4) is 17.6 Å². The van der Waals surface area contributed by atoms with Crippen LogP contribution in [0.3, 0.4) is 0 Å². The highest BCUT2D eigenvalue weighted by Gasteiger charge is 2.22. The summed E-state index contributed by atoms with van der Waals surface area (Å²) in [6, 6.07) is 7.79. The predicted octanol–water partition coefficient (Wildman–Crippen LogP) is 3.00. The molecule has 0 saturated carbocycles. The molecule has 0 aliphatic carbocycles. The van der Waals surface area contributed by atoms with Gasteiger partial charge in [-0.3, -0.25) is 4.79 Å². The first-order valence-electron chi connectivity index (χ1n) is 12.4. The van der Waals surface area contributed by atoms with Gasteiger partial charge in [-0.15, -0.1) is 0 Å². The van der Waals surface area contributed by atoms with E-state index in [4.69, 9.17) is 4.74 Å². The van der Waals surface area contributed by atoms with Crippen LogP contribution in [-0.4, -0.2) is 81.3 Å². The Morgan fingerprint density at radius 3 is 2.64 bits per heavy atom. The number of sulfone groups is 1. The summed E-state index contributed by atoms with van der Waals surface area (Å²) in [4.78, 5) is 19.8. The molecule has 0 unspecified atom stereocenters. The molecule has 1 saturated heterocycles. The molecule has 2 aromatic carbocycles. The molecular formula is C27H31F2N5O4S. The van der Waals surface area contributed by atoms with Gasteiger partial charge in [0.05, 0.1) is 48.2 Å². The number of imidazole rings is 1. The minimum absolute atomic E-state index is 0.0231. The molecule has 12 heteroatoms. The summed E-state index contributed by atoms with van der Waals surface area (Å²) in [6.45, 7) is 1.39. The third-order valence-electron chi connectivity index (χ3n) is 6.56. The lowest BCUT2D eigenvalue weighted by Gasteiger charge is -2.29. The number of piperidine rings is 1. The van der Waals surface area contributed by atoms with Gasteiger partial charge in [-0.05, 0) is 57.2 Å². The van der Waals surface area contributed by atoms with Crippen molar-refractivity contribution < 1.29 is 26.7 Å². The highest BCUT2D eigenvalue weighted by atomic mass is 32.2. The summed E-state index contributed by atoms with van der Waals surface area (Å²) >= 11 is 0. The van der Waals surface area contributed by atoms with Crippen molar-refractivity contribution >= 4 is 32.5 Å². The second-order valence-electron chi connectivity index (χ2n) is 9.52. The first-order chi connectivity index (χ1) is 18.5. The number of rotatable bonds is 8. The molecule has 1 fully saturated rings. The number of halogens is 2. The Balaban J connectivity index is 1.58. The smallest absolute Gasteiger partial charge is 0.256 e. The highest BCUT2D eigenvalue weighted by Crippen LogP contribution is 2.27. The van der Waals surface area contributed by atoms with Gasteiger partial charge in [-0.25, -0.2) is 22.2 Å². The van der Waals surface area contributed by atoms with Gasteiger partial charge in [-0.1, -0.05) is 11.8 Å². The Kier molecular flexibility index (Phi) is 8.72. The normalized spacial score (nSPS) is 14.7. The molecule has 0 atom stereocenters. The van der Waals surface area contributed by atoms with Crippen LogP contribution in [0.5, 0.6) is 5.75 Å². The number of anilines is 1. The van der Waals surface area contributed by atoms with E-state index < -0.39 is 22.8 Å². The fraction of sp³-hybridized carbons (Fsp3) is 0.407. The molecule has 2 N–H and O–H groups in total. The molecule has 1 aromatic heterocycles. The van der Waals surface area contributed by atoms with Crippen molar-refractivity contribution in [1.29, 1.82) is 0 Å². The van der Waals surface area contributed by atoms with Crippen LogP contribution < -0.4 is 15.4 Å². The minimum atomic E-state index is -3.39. The summed E-state index contributed by atoms with van der Waals surface area (Å²) in [5.41, 5.74) is 2.08.